The number of nitrogens with two attached hydrogens (primary N) is 1. The van der Waals surface area contributed by atoms with E-state index in [0.29, 0.717) is 17.8 Å². The molecule has 2 unspecified atom stereocenters. The molecule has 0 radical (unpaired) electrons. The monoisotopic (exact) mass is 355 g/mol. The maximum absolute atomic E-state index is 13.0. The number of nitrogens with one attached hydrogen (secondary N) is 3. The first kappa shape index (κ1) is 18.3. The van der Waals surface area contributed by atoms with Crippen LogP contribution in [-0.4, -0.2) is 55.4 Å². The summed E-state index contributed by atoms with van der Waals surface area (Å²) >= 11 is 1.33. The molecule has 0 saturated carbocycles. The maximum Gasteiger partial charge on any atom is 0.243 e. The van der Waals surface area contributed by atoms with Crippen molar-refractivity contribution in [1.29, 1.82) is 5.41 Å². The average molecular weight is 355 g/mol. The van der Waals surface area contributed by atoms with Gasteiger partial charge in [0, 0.05) is 17.3 Å². The SMILES string of the molecule is CNCC(=O)N1CC(CF)CC1C(=O)NCc1ccc(C(=N)N)s1. The van der Waals surface area contributed by atoms with Gasteiger partial charge in [-0.15, -0.1) is 11.3 Å². The summed E-state index contributed by atoms with van der Waals surface area (Å²) in [6.45, 7) is 0.139. The Balaban J connectivity index is 1.97. The third kappa shape index (κ3) is 4.30. The molecule has 1 aromatic heterocycles. The van der Waals surface area contributed by atoms with Gasteiger partial charge in [-0.25, -0.2) is 0 Å². The molecule has 132 valence electrons. The van der Waals surface area contributed by atoms with E-state index >= 15 is 0 Å². The lowest BCUT2D eigenvalue weighted by molar-refractivity contribution is -0.137. The van der Waals surface area contributed by atoms with Gasteiger partial charge in [0.1, 0.15) is 11.9 Å². The fourth-order valence-corrected chi connectivity index (χ4v) is 3.53. The fourth-order valence-electron chi connectivity index (χ4n) is 2.72. The fraction of sp³-hybridized carbons (Fsp3) is 0.533. The molecule has 1 aliphatic heterocycles. The number of amidine groups is 1. The van der Waals surface area contributed by atoms with E-state index in [2.05, 4.69) is 10.6 Å². The number of carbonyl (C=O) groups excluding carboxylic acids is 2. The van der Waals surface area contributed by atoms with Crippen LogP contribution in [0.3, 0.4) is 0 Å². The van der Waals surface area contributed by atoms with Gasteiger partial charge >= 0.3 is 0 Å². The lowest BCUT2D eigenvalue weighted by Gasteiger charge is -2.23. The summed E-state index contributed by atoms with van der Waals surface area (Å²) in [7, 11) is 1.65. The molecule has 2 atom stereocenters. The van der Waals surface area contributed by atoms with E-state index in [0.717, 1.165) is 4.88 Å². The topological polar surface area (TPSA) is 111 Å². The second kappa shape index (κ2) is 8.20. The van der Waals surface area contributed by atoms with Crippen LogP contribution >= 0.6 is 11.3 Å². The molecule has 2 rings (SSSR count). The van der Waals surface area contributed by atoms with E-state index in [9.17, 15) is 14.0 Å². The number of thiophene rings is 1. The molecule has 2 amide bonds. The van der Waals surface area contributed by atoms with Gasteiger partial charge in [-0.1, -0.05) is 0 Å². The van der Waals surface area contributed by atoms with Crippen LogP contribution in [0.4, 0.5) is 4.39 Å². The first-order valence-corrected chi connectivity index (χ1v) is 8.48. The third-order valence-electron chi connectivity index (χ3n) is 3.92. The number of rotatable bonds is 7. The minimum atomic E-state index is -0.640. The molecule has 7 nitrogen and oxygen atoms in total. The summed E-state index contributed by atoms with van der Waals surface area (Å²) < 4.78 is 13.0. The van der Waals surface area contributed by atoms with Crippen molar-refractivity contribution in [2.45, 2.75) is 19.0 Å². The molecule has 1 aromatic rings. The molecule has 2 heterocycles. The van der Waals surface area contributed by atoms with Gasteiger partial charge in [0.2, 0.25) is 11.8 Å². The summed E-state index contributed by atoms with van der Waals surface area (Å²) in [5, 5.41) is 12.9. The van der Waals surface area contributed by atoms with Gasteiger partial charge in [-0.3, -0.25) is 19.4 Å². The van der Waals surface area contributed by atoms with Gasteiger partial charge in [0.05, 0.1) is 24.6 Å². The molecule has 0 aliphatic carbocycles. The number of hydrogen-bond donors (Lipinski definition) is 4. The van der Waals surface area contributed by atoms with Crippen LogP contribution in [0.5, 0.6) is 0 Å². The Bertz CT molecular complexity index is 621. The number of hydrogen-bond acceptors (Lipinski definition) is 5. The molecule has 0 aromatic carbocycles. The molecule has 1 fully saturated rings. The van der Waals surface area contributed by atoms with Crippen LogP contribution in [0.1, 0.15) is 16.2 Å². The standard InChI is InChI=1S/C15H22FN5O2S/c1-19-7-13(22)21-8-9(5-16)4-11(21)15(23)20-6-10-2-3-12(24-10)14(17)18/h2-3,9,11,19H,4-8H2,1H3,(H3,17,18)(H,20,23). The normalized spacial score (nSPS) is 20.2. The van der Waals surface area contributed by atoms with Crippen LogP contribution in [0.25, 0.3) is 0 Å². The lowest BCUT2D eigenvalue weighted by Crippen LogP contribution is -2.47. The van der Waals surface area contributed by atoms with Gasteiger partial charge in [0.25, 0.3) is 0 Å². The molecule has 9 heteroatoms. The molecule has 1 saturated heterocycles. The van der Waals surface area contributed by atoms with Crippen LogP contribution in [-0.2, 0) is 16.1 Å². The Morgan fingerprint density at radius 1 is 1.50 bits per heavy atom. The third-order valence-corrected chi connectivity index (χ3v) is 5.04. The minimum absolute atomic E-state index is 0.0111. The molecule has 24 heavy (non-hydrogen) atoms. The number of amides is 2. The first-order valence-electron chi connectivity index (χ1n) is 7.67. The Labute approximate surface area is 143 Å². The zero-order chi connectivity index (χ0) is 17.7. The molecular weight excluding hydrogens is 333 g/mol. The number of carbonyl (C=O) groups is 2. The van der Waals surface area contributed by atoms with Gasteiger partial charge in [-0.05, 0) is 25.6 Å². The predicted molar refractivity (Wildman–Crippen MR) is 90.7 cm³/mol. The average Bonchev–Trinajstić information content (AvgIpc) is 3.19. The highest BCUT2D eigenvalue weighted by Gasteiger charge is 2.39. The highest BCUT2D eigenvalue weighted by atomic mass is 32.1. The number of likely N-dealkylation sites (tertiary alicyclic amines) is 1. The highest BCUT2D eigenvalue weighted by molar-refractivity contribution is 7.14. The molecular formula is C15H22FN5O2S. The summed E-state index contributed by atoms with van der Waals surface area (Å²) in [5.74, 6) is -0.799. The summed E-state index contributed by atoms with van der Waals surface area (Å²) in [4.78, 5) is 27.5. The number of alkyl halides is 1. The van der Waals surface area contributed by atoms with Crippen LogP contribution < -0.4 is 16.4 Å². The highest BCUT2D eigenvalue weighted by Crippen LogP contribution is 2.24. The van der Waals surface area contributed by atoms with Crippen LogP contribution in [0, 0.1) is 11.3 Å². The first-order chi connectivity index (χ1) is 11.5. The molecule has 5 N–H and O–H groups in total. The largest absolute Gasteiger partial charge is 0.383 e. The second-order valence-electron chi connectivity index (χ2n) is 5.75. The maximum atomic E-state index is 13.0. The molecule has 1 aliphatic rings. The van der Waals surface area contributed by atoms with Crippen molar-refractivity contribution < 1.29 is 14.0 Å². The van der Waals surface area contributed by atoms with E-state index < -0.39 is 12.7 Å². The predicted octanol–water partition coefficient (Wildman–Crippen LogP) is 0.0544. The van der Waals surface area contributed by atoms with Gasteiger partial charge in [0.15, 0.2) is 0 Å². The quantitative estimate of drug-likeness (QED) is 0.409. The van der Waals surface area contributed by atoms with Crippen LogP contribution in [0.2, 0.25) is 0 Å². The van der Waals surface area contributed by atoms with Crippen molar-refractivity contribution in [3.63, 3.8) is 0 Å². The van der Waals surface area contributed by atoms with Crippen molar-refractivity contribution in [3.05, 3.63) is 21.9 Å². The number of nitrogen functional groups attached to an aromatic ring is 1. The Morgan fingerprint density at radius 3 is 2.83 bits per heavy atom. The zero-order valence-electron chi connectivity index (χ0n) is 13.5. The summed E-state index contributed by atoms with van der Waals surface area (Å²) in [6.07, 6.45) is 0.334. The van der Waals surface area contributed by atoms with Crippen LogP contribution in [0.15, 0.2) is 12.1 Å². The van der Waals surface area contributed by atoms with Crippen molar-refractivity contribution in [2.24, 2.45) is 11.7 Å². The molecule has 0 spiro atoms. The number of halogens is 1. The number of nitrogens with zero attached hydrogens (tertiary/aromatic N) is 1. The Kier molecular flexibility index (Phi) is 6.27. The minimum Gasteiger partial charge on any atom is -0.383 e. The summed E-state index contributed by atoms with van der Waals surface area (Å²) in [6, 6.07) is 2.88. The van der Waals surface area contributed by atoms with Crippen molar-refractivity contribution in [2.75, 3.05) is 26.8 Å². The summed E-state index contributed by atoms with van der Waals surface area (Å²) in [5.41, 5.74) is 5.41. The lowest BCUT2D eigenvalue weighted by atomic mass is 10.1. The van der Waals surface area contributed by atoms with E-state index in [1.165, 1.54) is 16.2 Å². The van der Waals surface area contributed by atoms with E-state index in [1.807, 2.05) is 0 Å². The zero-order valence-corrected chi connectivity index (χ0v) is 14.3. The van der Waals surface area contributed by atoms with Crippen molar-refractivity contribution >= 4 is 29.0 Å². The number of likely N-dealkylation sites (N-methyl/N-ethyl adjacent to an activating group) is 1. The Morgan fingerprint density at radius 2 is 2.25 bits per heavy atom. The van der Waals surface area contributed by atoms with Crippen molar-refractivity contribution in [3.8, 4) is 0 Å². The second-order valence-corrected chi connectivity index (χ2v) is 6.91. The van der Waals surface area contributed by atoms with E-state index in [4.69, 9.17) is 11.1 Å². The Hall–Kier alpha value is -2.00. The van der Waals surface area contributed by atoms with E-state index in [1.54, 1.807) is 19.2 Å². The van der Waals surface area contributed by atoms with Gasteiger partial charge in [-0.2, -0.15) is 0 Å². The van der Waals surface area contributed by atoms with Gasteiger partial charge < -0.3 is 21.3 Å². The molecule has 0 bridgehead atoms. The van der Waals surface area contributed by atoms with Crippen molar-refractivity contribution in [1.82, 2.24) is 15.5 Å². The smallest absolute Gasteiger partial charge is 0.243 e. The van der Waals surface area contributed by atoms with E-state index in [-0.39, 0.29) is 36.7 Å².